The van der Waals surface area contributed by atoms with Crippen LogP contribution in [-0.4, -0.2) is 54.6 Å². The summed E-state index contributed by atoms with van der Waals surface area (Å²) in [6.07, 6.45) is 3.56. The summed E-state index contributed by atoms with van der Waals surface area (Å²) < 4.78 is 7.77. The normalized spacial score (nSPS) is 24.8. The van der Waals surface area contributed by atoms with Crippen molar-refractivity contribution in [2.45, 2.75) is 64.3 Å². The van der Waals surface area contributed by atoms with Crippen molar-refractivity contribution in [1.82, 2.24) is 34.8 Å². The van der Waals surface area contributed by atoms with Gasteiger partial charge in [-0.2, -0.15) is 5.10 Å². The minimum atomic E-state index is 0.192. The van der Waals surface area contributed by atoms with Crippen LogP contribution in [0.3, 0.4) is 0 Å². The number of hydrogen-bond acceptors (Lipinski definition) is 6. The number of nitrogens with one attached hydrogen (secondary N) is 1. The second kappa shape index (κ2) is 6.25. The molecule has 2 aromatic heterocycles. The van der Waals surface area contributed by atoms with Crippen LogP contribution in [0.4, 0.5) is 0 Å². The highest BCUT2D eigenvalue weighted by Crippen LogP contribution is 2.39. The molecule has 1 N–H and O–H groups in total. The zero-order chi connectivity index (χ0) is 16.7. The summed E-state index contributed by atoms with van der Waals surface area (Å²) in [6.45, 7) is 6.62. The van der Waals surface area contributed by atoms with Crippen LogP contribution in [0.25, 0.3) is 0 Å². The monoisotopic (exact) mass is 331 g/mol. The van der Waals surface area contributed by atoms with E-state index >= 15 is 0 Å². The van der Waals surface area contributed by atoms with Gasteiger partial charge in [0.25, 0.3) is 0 Å². The number of rotatable bonds is 6. The highest BCUT2D eigenvalue weighted by Gasteiger charge is 2.37. The molecule has 0 amide bonds. The van der Waals surface area contributed by atoms with E-state index in [1.807, 2.05) is 6.92 Å². The van der Waals surface area contributed by atoms with Gasteiger partial charge in [0.05, 0.1) is 18.7 Å². The molecule has 1 saturated heterocycles. The molecule has 3 heterocycles. The Morgan fingerprint density at radius 2 is 2.12 bits per heavy atom. The topological polar surface area (TPSA) is 84.8 Å². The van der Waals surface area contributed by atoms with Crippen LogP contribution >= 0.6 is 0 Å². The van der Waals surface area contributed by atoms with E-state index in [0.29, 0.717) is 5.92 Å². The molecule has 130 valence electrons. The summed E-state index contributed by atoms with van der Waals surface area (Å²) >= 11 is 0. The second-order valence-corrected chi connectivity index (χ2v) is 6.80. The van der Waals surface area contributed by atoms with E-state index in [-0.39, 0.29) is 12.1 Å². The largest absolute Gasteiger partial charge is 0.380 e. The third-order valence-corrected chi connectivity index (χ3v) is 5.15. The molecule has 2 aliphatic rings. The molecule has 0 bridgehead atoms. The van der Waals surface area contributed by atoms with Crippen molar-refractivity contribution in [1.29, 1.82) is 0 Å². The highest BCUT2D eigenvalue weighted by atomic mass is 16.5. The number of aryl methyl sites for hydroxylation is 1. The Kier molecular flexibility index (Phi) is 4.09. The second-order valence-electron chi connectivity index (χ2n) is 6.80. The Bertz CT molecular complexity index is 705. The summed E-state index contributed by atoms with van der Waals surface area (Å²) in [4.78, 5) is 7.13. The van der Waals surface area contributed by atoms with E-state index in [1.165, 1.54) is 12.8 Å². The molecule has 8 nitrogen and oxygen atoms in total. The molecular weight excluding hydrogens is 306 g/mol. The fraction of sp³-hybridized carbons (Fsp3) is 0.750. The predicted molar refractivity (Wildman–Crippen MR) is 87.4 cm³/mol. The standard InChI is InChI=1S/C16H25N7O/c1-4-23-10(2)18-19-14(23)9-22-8-12(24-3)7-13(22)16-17-15(20-21-16)11-5-6-11/h11-13H,4-9H2,1-3H3,(H,17,20,21)/t12-,13+/m1/s1. The summed E-state index contributed by atoms with van der Waals surface area (Å²) in [6, 6.07) is 0.192. The molecule has 2 atom stereocenters. The van der Waals surface area contributed by atoms with Gasteiger partial charge in [0.15, 0.2) is 5.82 Å². The molecule has 2 fully saturated rings. The van der Waals surface area contributed by atoms with E-state index in [2.05, 4.69) is 36.8 Å². The fourth-order valence-electron chi connectivity index (χ4n) is 3.59. The van der Waals surface area contributed by atoms with Gasteiger partial charge < -0.3 is 9.30 Å². The number of nitrogens with zero attached hydrogens (tertiary/aromatic N) is 6. The molecule has 0 spiro atoms. The van der Waals surface area contributed by atoms with Crippen molar-refractivity contribution >= 4 is 0 Å². The van der Waals surface area contributed by atoms with Gasteiger partial charge in [-0.15, -0.1) is 10.2 Å². The number of hydrogen-bond donors (Lipinski definition) is 1. The Labute approximate surface area is 141 Å². The van der Waals surface area contributed by atoms with Crippen molar-refractivity contribution in [2.24, 2.45) is 0 Å². The smallest absolute Gasteiger partial charge is 0.153 e. The summed E-state index contributed by atoms with van der Waals surface area (Å²) in [5.74, 6) is 4.45. The first-order valence-electron chi connectivity index (χ1n) is 8.77. The lowest BCUT2D eigenvalue weighted by Crippen LogP contribution is -2.27. The molecule has 0 unspecified atom stereocenters. The molecule has 8 heteroatoms. The van der Waals surface area contributed by atoms with Crippen molar-refractivity contribution in [3.63, 3.8) is 0 Å². The molecule has 0 radical (unpaired) electrons. The zero-order valence-corrected chi connectivity index (χ0v) is 14.6. The maximum Gasteiger partial charge on any atom is 0.153 e. The van der Waals surface area contributed by atoms with E-state index in [4.69, 9.17) is 9.72 Å². The first kappa shape index (κ1) is 15.7. The molecule has 2 aromatic rings. The van der Waals surface area contributed by atoms with Crippen molar-refractivity contribution in [3.05, 3.63) is 23.3 Å². The number of likely N-dealkylation sites (tertiary alicyclic amines) is 1. The van der Waals surface area contributed by atoms with Gasteiger partial charge in [-0.05, 0) is 33.1 Å². The van der Waals surface area contributed by atoms with Gasteiger partial charge in [0.1, 0.15) is 17.5 Å². The molecule has 4 rings (SSSR count). The third kappa shape index (κ3) is 2.84. The Hall–Kier alpha value is -1.80. The Balaban J connectivity index is 1.56. The van der Waals surface area contributed by atoms with E-state index in [0.717, 1.165) is 49.4 Å². The first-order chi connectivity index (χ1) is 11.7. The number of ether oxygens (including phenoxy) is 1. The van der Waals surface area contributed by atoms with Crippen LogP contribution in [0.2, 0.25) is 0 Å². The number of methoxy groups -OCH3 is 1. The fourth-order valence-corrected chi connectivity index (χ4v) is 3.59. The van der Waals surface area contributed by atoms with Gasteiger partial charge in [0.2, 0.25) is 0 Å². The predicted octanol–water partition coefficient (Wildman–Crippen LogP) is 1.56. The van der Waals surface area contributed by atoms with Crippen molar-refractivity contribution in [3.8, 4) is 0 Å². The van der Waals surface area contributed by atoms with Gasteiger partial charge in [-0.1, -0.05) is 0 Å². The molecule has 1 aliphatic heterocycles. The van der Waals surface area contributed by atoms with Crippen molar-refractivity contribution in [2.75, 3.05) is 13.7 Å². The van der Waals surface area contributed by atoms with Crippen LogP contribution < -0.4 is 0 Å². The summed E-state index contributed by atoms with van der Waals surface area (Å²) in [5, 5.41) is 16.2. The molecule has 24 heavy (non-hydrogen) atoms. The maximum atomic E-state index is 5.61. The summed E-state index contributed by atoms with van der Waals surface area (Å²) in [7, 11) is 1.78. The average Bonchev–Trinajstić information content (AvgIpc) is 3.03. The number of aromatic nitrogens is 6. The number of H-pyrrole nitrogens is 1. The average molecular weight is 331 g/mol. The van der Waals surface area contributed by atoms with Gasteiger partial charge in [-0.3, -0.25) is 10.00 Å². The Morgan fingerprint density at radius 3 is 2.83 bits per heavy atom. The number of aromatic amines is 1. The molecule has 1 aliphatic carbocycles. The van der Waals surface area contributed by atoms with Crippen LogP contribution in [0.5, 0.6) is 0 Å². The molecular formula is C16H25N7O. The van der Waals surface area contributed by atoms with E-state index in [9.17, 15) is 0 Å². The van der Waals surface area contributed by atoms with Crippen LogP contribution in [-0.2, 0) is 17.8 Å². The molecule has 1 saturated carbocycles. The van der Waals surface area contributed by atoms with Crippen LogP contribution in [0.15, 0.2) is 0 Å². The zero-order valence-electron chi connectivity index (χ0n) is 14.6. The third-order valence-electron chi connectivity index (χ3n) is 5.15. The Morgan fingerprint density at radius 1 is 1.29 bits per heavy atom. The lowest BCUT2D eigenvalue weighted by atomic mass is 10.2. The van der Waals surface area contributed by atoms with Crippen LogP contribution in [0.1, 0.15) is 61.4 Å². The van der Waals surface area contributed by atoms with Gasteiger partial charge in [0, 0.05) is 26.1 Å². The van der Waals surface area contributed by atoms with Gasteiger partial charge >= 0.3 is 0 Å². The minimum Gasteiger partial charge on any atom is -0.380 e. The lowest BCUT2D eigenvalue weighted by molar-refractivity contribution is 0.106. The van der Waals surface area contributed by atoms with Crippen molar-refractivity contribution < 1.29 is 4.74 Å². The quantitative estimate of drug-likeness (QED) is 0.865. The summed E-state index contributed by atoms with van der Waals surface area (Å²) in [5.41, 5.74) is 0. The first-order valence-corrected chi connectivity index (χ1v) is 8.77. The van der Waals surface area contributed by atoms with Gasteiger partial charge in [-0.25, -0.2) is 4.98 Å². The van der Waals surface area contributed by atoms with Crippen LogP contribution in [0, 0.1) is 6.92 Å². The SMILES string of the molecule is CCn1c(C)nnc1CN1C[C@H](OC)C[C@H]1c1nc(C2CC2)n[nH]1. The lowest BCUT2D eigenvalue weighted by Gasteiger charge is -2.21. The van der Waals surface area contributed by atoms with E-state index in [1.54, 1.807) is 7.11 Å². The minimum absolute atomic E-state index is 0.192. The highest BCUT2D eigenvalue weighted by molar-refractivity contribution is 5.09. The maximum absolute atomic E-state index is 5.61. The molecule has 0 aromatic carbocycles. The van der Waals surface area contributed by atoms with E-state index < -0.39 is 0 Å².